The molecule has 0 atom stereocenters. The minimum absolute atomic E-state index is 0.795. The van der Waals surface area contributed by atoms with Crippen LogP contribution in [-0.2, 0) is 0 Å². The molecule has 4 heteroatoms. The van der Waals surface area contributed by atoms with E-state index in [0.29, 0.717) is 0 Å². The lowest BCUT2D eigenvalue weighted by Crippen LogP contribution is -1.75. The van der Waals surface area contributed by atoms with E-state index in [2.05, 4.69) is 23.8 Å². The number of thiol groups is 1. The second kappa shape index (κ2) is 4.62. The summed E-state index contributed by atoms with van der Waals surface area (Å²) in [5.74, 6) is 0. The van der Waals surface area contributed by atoms with Gasteiger partial charge in [0.15, 0.2) is 0 Å². The molecule has 0 unspecified atom stereocenters. The molecule has 0 saturated heterocycles. The quantitative estimate of drug-likeness (QED) is 0.584. The third kappa shape index (κ3) is 2.11. The van der Waals surface area contributed by atoms with E-state index in [1.165, 1.54) is 21.2 Å². The Morgan fingerprint density at radius 1 is 1.29 bits per heavy atom. The van der Waals surface area contributed by atoms with Crippen molar-refractivity contribution in [2.45, 2.75) is 4.90 Å². The fourth-order valence-corrected chi connectivity index (χ4v) is 3.28. The van der Waals surface area contributed by atoms with Gasteiger partial charge in [0.1, 0.15) is 0 Å². The summed E-state index contributed by atoms with van der Waals surface area (Å²) in [6.07, 6.45) is 0. The molecule has 72 valence electrons. The fourth-order valence-electron chi connectivity index (χ4n) is 1.20. The largest absolute Gasteiger partial charge is 0.142 e. The van der Waals surface area contributed by atoms with Gasteiger partial charge < -0.3 is 0 Å². The van der Waals surface area contributed by atoms with Crippen molar-refractivity contribution in [1.29, 1.82) is 0 Å². The van der Waals surface area contributed by atoms with Crippen LogP contribution < -0.4 is 0 Å². The van der Waals surface area contributed by atoms with Crippen LogP contribution >= 0.6 is 45.4 Å². The predicted octanol–water partition coefficient (Wildman–Crippen LogP) is 5.01. The van der Waals surface area contributed by atoms with Crippen LogP contribution in [0.1, 0.15) is 0 Å². The zero-order valence-corrected chi connectivity index (χ0v) is 10.4. The van der Waals surface area contributed by atoms with Crippen molar-refractivity contribution in [2.75, 3.05) is 0 Å². The fraction of sp³-hybridized carbons (Fsp3) is 0. The van der Waals surface area contributed by atoms with Gasteiger partial charge >= 0.3 is 0 Å². The third-order valence-electron chi connectivity index (χ3n) is 1.82. The van der Waals surface area contributed by atoms with Crippen LogP contribution in [-0.4, -0.2) is 0 Å². The number of hydrogen-bond acceptors (Lipinski definition) is 3. The second-order valence-electron chi connectivity index (χ2n) is 2.72. The van der Waals surface area contributed by atoms with Gasteiger partial charge in [-0.3, -0.25) is 0 Å². The maximum atomic E-state index is 5.89. The first-order valence-corrected chi connectivity index (χ1v) is 7.09. The molecule has 1 aromatic carbocycles. The van der Waals surface area contributed by atoms with Gasteiger partial charge in [0.2, 0.25) is 0 Å². The van der Waals surface area contributed by atoms with Crippen LogP contribution in [0.25, 0.3) is 10.4 Å². The minimum Gasteiger partial charge on any atom is -0.142 e. The van der Waals surface area contributed by atoms with Gasteiger partial charge in [-0.2, -0.15) is 0 Å². The van der Waals surface area contributed by atoms with E-state index in [1.807, 2.05) is 23.6 Å². The number of rotatable bonds is 2. The summed E-state index contributed by atoms with van der Waals surface area (Å²) in [4.78, 5) is 2.35. The van der Waals surface area contributed by atoms with Crippen molar-refractivity contribution in [2.24, 2.45) is 0 Å². The second-order valence-corrected chi connectivity index (χ2v) is 5.23. The summed E-state index contributed by atoms with van der Waals surface area (Å²) < 4.78 is 0. The molecule has 0 fully saturated rings. The Hall–Kier alpha value is -0.0900. The summed E-state index contributed by atoms with van der Waals surface area (Å²) in [6.45, 7) is 0. The zero-order chi connectivity index (χ0) is 9.97. The average molecular weight is 259 g/mol. The smallest absolute Gasteiger partial charge is 0.0519 e. The summed E-state index contributed by atoms with van der Waals surface area (Å²) in [7, 11) is 1.46. The van der Waals surface area contributed by atoms with Crippen molar-refractivity contribution < 1.29 is 0 Å². The third-order valence-corrected chi connectivity index (χ3v) is 4.27. The predicted molar refractivity (Wildman–Crippen MR) is 69.6 cm³/mol. The van der Waals surface area contributed by atoms with E-state index >= 15 is 0 Å². The summed E-state index contributed by atoms with van der Waals surface area (Å²) in [5, 5.41) is 2.74. The van der Waals surface area contributed by atoms with Gasteiger partial charge in [-0.15, -0.1) is 23.0 Å². The summed E-state index contributed by atoms with van der Waals surface area (Å²) in [6, 6.07) is 10.2. The molecule has 1 aromatic heterocycles. The van der Waals surface area contributed by atoms with Crippen LogP contribution in [0.2, 0.25) is 5.02 Å². The molecule has 0 N–H and O–H groups in total. The van der Waals surface area contributed by atoms with Crippen molar-refractivity contribution in [3.63, 3.8) is 0 Å². The molecule has 0 aliphatic heterocycles. The first kappa shape index (κ1) is 10.4. The Morgan fingerprint density at radius 2 is 2.07 bits per heavy atom. The first-order chi connectivity index (χ1) is 6.81. The average Bonchev–Trinajstić information content (AvgIpc) is 2.65. The van der Waals surface area contributed by atoms with Crippen LogP contribution in [0.5, 0.6) is 0 Å². The Kier molecular flexibility index (Phi) is 3.44. The molecular formula is C10H7ClS3. The normalized spacial score (nSPS) is 10.4. The molecule has 2 aromatic rings. The highest BCUT2D eigenvalue weighted by atomic mass is 35.5. The Labute approximate surface area is 101 Å². The molecule has 0 bridgehead atoms. The first-order valence-electron chi connectivity index (χ1n) is 3.96. The lowest BCUT2D eigenvalue weighted by atomic mass is 10.2. The van der Waals surface area contributed by atoms with Gasteiger partial charge in [0, 0.05) is 20.7 Å². The molecule has 0 amide bonds. The lowest BCUT2D eigenvalue weighted by molar-refractivity contribution is 1.48. The van der Waals surface area contributed by atoms with Crippen LogP contribution in [0.15, 0.2) is 40.6 Å². The van der Waals surface area contributed by atoms with Gasteiger partial charge in [0.05, 0.1) is 5.02 Å². The highest BCUT2D eigenvalue weighted by Gasteiger charge is 2.05. The minimum atomic E-state index is 0.795. The topological polar surface area (TPSA) is 0 Å². The van der Waals surface area contributed by atoms with Crippen molar-refractivity contribution in [3.05, 3.63) is 40.7 Å². The molecule has 0 aliphatic carbocycles. The number of benzene rings is 1. The van der Waals surface area contributed by atoms with Gasteiger partial charge in [-0.25, -0.2) is 0 Å². The monoisotopic (exact) mass is 258 g/mol. The molecule has 2 rings (SSSR count). The van der Waals surface area contributed by atoms with Crippen molar-refractivity contribution in [1.82, 2.24) is 0 Å². The van der Waals surface area contributed by atoms with Crippen molar-refractivity contribution >= 4 is 45.4 Å². The lowest BCUT2D eigenvalue weighted by Gasteiger charge is -2.02. The highest BCUT2D eigenvalue weighted by molar-refractivity contribution is 8.68. The van der Waals surface area contributed by atoms with Gasteiger partial charge in [0.25, 0.3) is 0 Å². The molecule has 0 aliphatic rings. The number of halogens is 1. The number of hydrogen-bond donors (Lipinski definition) is 1. The molecule has 0 spiro atoms. The molecule has 0 saturated carbocycles. The SMILES string of the molecule is SSc1ccccc1-c1cc(Cl)cs1. The maximum absolute atomic E-state index is 5.89. The van der Waals surface area contributed by atoms with Gasteiger partial charge in [-0.05, 0) is 12.1 Å². The van der Waals surface area contributed by atoms with Gasteiger partial charge in [-0.1, -0.05) is 40.6 Å². The molecular weight excluding hydrogens is 252 g/mol. The maximum Gasteiger partial charge on any atom is 0.0519 e. The van der Waals surface area contributed by atoms with E-state index in [4.69, 9.17) is 11.6 Å². The highest BCUT2D eigenvalue weighted by Crippen LogP contribution is 2.37. The Morgan fingerprint density at radius 3 is 2.71 bits per heavy atom. The molecule has 0 radical (unpaired) electrons. The molecule has 1 heterocycles. The Bertz CT molecular complexity index is 436. The molecule has 0 nitrogen and oxygen atoms in total. The van der Waals surface area contributed by atoms with Crippen LogP contribution in [0, 0.1) is 0 Å². The van der Waals surface area contributed by atoms with E-state index in [-0.39, 0.29) is 0 Å². The summed E-state index contributed by atoms with van der Waals surface area (Å²) >= 11 is 11.8. The van der Waals surface area contributed by atoms with Crippen LogP contribution in [0.3, 0.4) is 0 Å². The number of thiophene rings is 1. The summed E-state index contributed by atoms with van der Waals surface area (Å²) in [5.41, 5.74) is 1.20. The van der Waals surface area contributed by atoms with Crippen molar-refractivity contribution in [3.8, 4) is 10.4 Å². The van der Waals surface area contributed by atoms with E-state index < -0.39 is 0 Å². The van der Waals surface area contributed by atoms with E-state index in [0.717, 1.165) is 9.92 Å². The zero-order valence-electron chi connectivity index (χ0n) is 7.11. The Balaban J connectivity index is 2.50. The standard InChI is InChI=1S/C10H7ClS3/c11-7-5-10(13-6-7)8-3-1-2-4-9(8)14-12/h1-6,12H. The molecule has 14 heavy (non-hydrogen) atoms. The van der Waals surface area contributed by atoms with E-state index in [1.54, 1.807) is 11.3 Å². The van der Waals surface area contributed by atoms with Crippen LogP contribution in [0.4, 0.5) is 0 Å². The van der Waals surface area contributed by atoms with E-state index in [9.17, 15) is 0 Å².